The summed E-state index contributed by atoms with van der Waals surface area (Å²) in [4.78, 5) is 18.9. The van der Waals surface area contributed by atoms with E-state index in [2.05, 4.69) is 9.80 Å². The van der Waals surface area contributed by atoms with Crippen LogP contribution in [-0.2, 0) is 17.9 Å². The van der Waals surface area contributed by atoms with Crippen LogP contribution in [0.25, 0.3) is 0 Å². The third kappa shape index (κ3) is 5.55. The fourth-order valence-corrected chi connectivity index (χ4v) is 3.88. The van der Waals surface area contributed by atoms with E-state index in [-0.39, 0.29) is 23.6 Å². The average molecular weight is 418 g/mol. The van der Waals surface area contributed by atoms with Gasteiger partial charge in [-0.05, 0) is 42.8 Å². The fourth-order valence-electron chi connectivity index (χ4n) is 3.88. The zero-order valence-corrected chi connectivity index (χ0v) is 17.8. The molecule has 0 aliphatic carbocycles. The molecule has 0 radical (unpaired) electrons. The summed E-state index contributed by atoms with van der Waals surface area (Å²) in [5, 5.41) is 0. The Morgan fingerprint density at radius 1 is 1.10 bits per heavy atom. The zero-order valence-electron chi connectivity index (χ0n) is 17.8. The summed E-state index contributed by atoms with van der Waals surface area (Å²) in [6.07, 6.45) is 0. The number of ether oxygens (including phenoxy) is 1. The van der Waals surface area contributed by atoms with E-state index >= 15 is 0 Å². The molecule has 1 heterocycles. The Kier molecular flexibility index (Phi) is 7.39. The molecule has 2 aromatic rings. The monoisotopic (exact) mass is 417 g/mol. The maximum absolute atomic E-state index is 13.6. The molecule has 1 saturated heterocycles. The van der Waals surface area contributed by atoms with Crippen molar-refractivity contribution in [3.05, 3.63) is 65.2 Å². The lowest BCUT2D eigenvalue weighted by molar-refractivity contribution is -0.136. The Labute approximate surface area is 176 Å². The Morgan fingerprint density at radius 2 is 1.80 bits per heavy atom. The first kappa shape index (κ1) is 22.2. The van der Waals surface area contributed by atoms with Crippen molar-refractivity contribution in [2.45, 2.75) is 26.1 Å². The van der Waals surface area contributed by atoms with E-state index in [1.807, 2.05) is 13.0 Å². The highest BCUT2D eigenvalue weighted by Crippen LogP contribution is 2.22. The predicted octanol–water partition coefficient (Wildman–Crippen LogP) is 3.14. The second-order valence-electron chi connectivity index (χ2n) is 7.77. The van der Waals surface area contributed by atoms with Gasteiger partial charge in [-0.3, -0.25) is 14.6 Å². The van der Waals surface area contributed by atoms with E-state index in [0.29, 0.717) is 18.8 Å². The van der Waals surface area contributed by atoms with Gasteiger partial charge in [0.05, 0.1) is 13.2 Å². The van der Waals surface area contributed by atoms with Gasteiger partial charge >= 0.3 is 0 Å². The lowest BCUT2D eigenvalue weighted by atomic mass is 10.1. The van der Waals surface area contributed by atoms with Gasteiger partial charge in [-0.1, -0.05) is 12.1 Å². The summed E-state index contributed by atoms with van der Waals surface area (Å²) < 4.78 is 32.3. The van der Waals surface area contributed by atoms with Crippen molar-refractivity contribution < 1.29 is 18.3 Å². The van der Waals surface area contributed by atoms with Crippen LogP contribution in [0.4, 0.5) is 8.78 Å². The summed E-state index contributed by atoms with van der Waals surface area (Å²) in [5.74, 6) is 0.123. The Balaban J connectivity index is 1.52. The summed E-state index contributed by atoms with van der Waals surface area (Å²) in [6, 6.07) is 10.6. The molecule has 1 amide bonds. The summed E-state index contributed by atoms with van der Waals surface area (Å²) in [7, 11) is 3.33. The number of likely N-dealkylation sites (N-methyl/N-ethyl adjacent to an activating group) is 1. The molecule has 3 rings (SSSR count). The maximum atomic E-state index is 13.6. The van der Waals surface area contributed by atoms with Crippen LogP contribution in [0.5, 0.6) is 5.75 Å². The topological polar surface area (TPSA) is 36.0 Å². The number of amides is 1. The minimum Gasteiger partial charge on any atom is -0.496 e. The molecular weight excluding hydrogens is 388 g/mol. The molecular formula is C23H29F2N3O2. The van der Waals surface area contributed by atoms with Crippen LogP contribution in [-0.4, -0.2) is 67.0 Å². The number of nitrogens with zero attached hydrogens (tertiary/aromatic N) is 3. The average Bonchev–Trinajstić information content (AvgIpc) is 2.73. The first-order chi connectivity index (χ1) is 14.4. The van der Waals surface area contributed by atoms with Gasteiger partial charge in [-0.2, -0.15) is 0 Å². The van der Waals surface area contributed by atoms with Gasteiger partial charge in [0, 0.05) is 51.9 Å². The van der Waals surface area contributed by atoms with Gasteiger partial charge in [0.1, 0.15) is 17.4 Å². The van der Waals surface area contributed by atoms with E-state index in [1.165, 1.54) is 24.3 Å². The number of methoxy groups -OCH3 is 1. The Bertz CT molecular complexity index is 869. The summed E-state index contributed by atoms with van der Waals surface area (Å²) >= 11 is 0. The van der Waals surface area contributed by atoms with Crippen molar-refractivity contribution in [2.75, 3.05) is 40.3 Å². The lowest BCUT2D eigenvalue weighted by Crippen LogP contribution is -2.53. The third-order valence-corrected chi connectivity index (χ3v) is 5.63. The molecule has 0 unspecified atom stereocenters. The second-order valence-corrected chi connectivity index (χ2v) is 7.77. The normalized spacial score (nSPS) is 16.3. The van der Waals surface area contributed by atoms with E-state index in [4.69, 9.17) is 4.74 Å². The summed E-state index contributed by atoms with van der Waals surface area (Å²) in [6.45, 7) is 5.96. The molecule has 1 aliphatic heterocycles. The number of piperazine rings is 1. The molecule has 1 atom stereocenters. The largest absolute Gasteiger partial charge is 0.496 e. The van der Waals surface area contributed by atoms with Crippen LogP contribution in [0.2, 0.25) is 0 Å². The van der Waals surface area contributed by atoms with Gasteiger partial charge in [-0.25, -0.2) is 8.78 Å². The maximum Gasteiger partial charge on any atom is 0.239 e. The predicted molar refractivity (Wildman–Crippen MR) is 112 cm³/mol. The van der Waals surface area contributed by atoms with Crippen LogP contribution in [0.1, 0.15) is 18.1 Å². The van der Waals surface area contributed by atoms with Crippen molar-refractivity contribution in [3.8, 4) is 5.75 Å². The van der Waals surface area contributed by atoms with Crippen molar-refractivity contribution in [1.29, 1.82) is 0 Å². The van der Waals surface area contributed by atoms with Crippen molar-refractivity contribution >= 4 is 5.91 Å². The molecule has 162 valence electrons. The number of carbonyl (C=O) groups is 1. The molecule has 7 heteroatoms. The minimum absolute atomic E-state index is 0.0134. The van der Waals surface area contributed by atoms with E-state index < -0.39 is 0 Å². The highest BCUT2D eigenvalue weighted by molar-refractivity contribution is 5.81. The molecule has 0 saturated carbocycles. The van der Waals surface area contributed by atoms with Crippen LogP contribution in [0.3, 0.4) is 0 Å². The molecule has 30 heavy (non-hydrogen) atoms. The van der Waals surface area contributed by atoms with Crippen LogP contribution in [0, 0.1) is 11.6 Å². The second kappa shape index (κ2) is 10.00. The van der Waals surface area contributed by atoms with Crippen LogP contribution < -0.4 is 4.74 Å². The third-order valence-electron chi connectivity index (χ3n) is 5.63. The quantitative estimate of drug-likeness (QED) is 0.694. The molecule has 1 aliphatic rings. The molecule has 0 spiro atoms. The smallest absolute Gasteiger partial charge is 0.239 e. The molecule has 1 fully saturated rings. The van der Waals surface area contributed by atoms with Gasteiger partial charge in [-0.15, -0.1) is 0 Å². The minimum atomic E-state index is -0.299. The highest BCUT2D eigenvalue weighted by Gasteiger charge is 2.28. The number of halogens is 2. The SMILES string of the molecule is COc1ccc(F)cc1CN1CCN([C@H](C)C(=O)N(C)Cc2cccc(F)c2)CC1. The molecule has 0 N–H and O–H groups in total. The Hall–Kier alpha value is -2.51. The zero-order chi connectivity index (χ0) is 21.7. The van der Waals surface area contributed by atoms with Crippen LogP contribution >= 0.6 is 0 Å². The van der Waals surface area contributed by atoms with Crippen molar-refractivity contribution in [2.24, 2.45) is 0 Å². The number of benzene rings is 2. The molecule has 0 bridgehead atoms. The first-order valence-corrected chi connectivity index (χ1v) is 10.2. The van der Waals surface area contributed by atoms with E-state index in [9.17, 15) is 13.6 Å². The standard InChI is InChI=1S/C23H29F2N3O2/c1-17(23(29)26(2)15-18-5-4-6-20(24)13-18)28-11-9-27(10-12-28)16-19-14-21(25)7-8-22(19)30-3/h4-8,13-14,17H,9-12,15-16H2,1-3H3/t17-/m1/s1. The molecule has 5 nitrogen and oxygen atoms in total. The van der Waals surface area contributed by atoms with E-state index in [1.54, 1.807) is 31.2 Å². The molecule has 0 aromatic heterocycles. The van der Waals surface area contributed by atoms with Crippen LogP contribution in [0.15, 0.2) is 42.5 Å². The first-order valence-electron chi connectivity index (χ1n) is 10.2. The number of hydrogen-bond acceptors (Lipinski definition) is 4. The van der Waals surface area contributed by atoms with E-state index in [0.717, 1.165) is 37.3 Å². The number of carbonyl (C=O) groups excluding carboxylic acids is 1. The van der Waals surface area contributed by atoms with Crippen molar-refractivity contribution in [1.82, 2.24) is 14.7 Å². The van der Waals surface area contributed by atoms with Gasteiger partial charge < -0.3 is 9.64 Å². The fraction of sp³-hybridized carbons (Fsp3) is 0.435. The molecule has 2 aromatic carbocycles. The van der Waals surface area contributed by atoms with Gasteiger partial charge in [0.25, 0.3) is 0 Å². The van der Waals surface area contributed by atoms with Gasteiger partial charge in [0.15, 0.2) is 0 Å². The van der Waals surface area contributed by atoms with Crippen molar-refractivity contribution in [3.63, 3.8) is 0 Å². The number of rotatable bonds is 7. The highest BCUT2D eigenvalue weighted by atomic mass is 19.1. The van der Waals surface area contributed by atoms with Gasteiger partial charge in [0.2, 0.25) is 5.91 Å². The lowest BCUT2D eigenvalue weighted by Gasteiger charge is -2.38. The summed E-state index contributed by atoms with van der Waals surface area (Å²) in [5.41, 5.74) is 1.59. The number of hydrogen-bond donors (Lipinski definition) is 0. The Morgan fingerprint density at radius 3 is 2.47 bits per heavy atom.